The quantitative estimate of drug-likeness (QED) is 0.794. The number of carbonyl (C=O) groups is 1. The molecule has 0 bridgehead atoms. The van der Waals surface area contributed by atoms with Crippen molar-refractivity contribution in [3.63, 3.8) is 0 Å². The summed E-state index contributed by atoms with van der Waals surface area (Å²) in [5.41, 5.74) is 1.38. The SMILES string of the molecule is O=C(O)c1nnn(Cc2ccc(F)cc2Cl)c1-c1ccncc1. The Morgan fingerprint density at radius 3 is 2.65 bits per heavy atom. The van der Waals surface area contributed by atoms with Gasteiger partial charge in [0.25, 0.3) is 0 Å². The second-order valence-electron chi connectivity index (χ2n) is 4.72. The predicted molar refractivity (Wildman–Crippen MR) is 80.7 cm³/mol. The highest BCUT2D eigenvalue weighted by Crippen LogP contribution is 2.24. The Hall–Kier alpha value is -2.80. The van der Waals surface area contributed by atoms with Gasteiger partial charge in [-0.3, -0.25) is 4.98 Å². The molecule has 0 amide bonds. The number of benzene rings is 1. The maximum absolute atomic E-state index is 13.1. The van der Waals surface area contributed by atoms with E-state index in [1.54, 1.807) is 24.5 Å². The number of rotatable bonds is 4. The minimum Gasteiger partial charge on any atom is -0.476 e. The normalized spacial score (nSPS) is 10.7. The molecule has 0 saturated heterocycles. The van der Waals surface area contributed by atoms with Gasteiger partial charge in [-0.05, 0) is 29.8 Å². The lowest BCUT2D eigenvalue weighted by atomic mass is 10.1. The highest BCUT2D eigenvalue weighted by Gasteiger charge is 2.21. The molecule has 8 heteroatoms. The van der Waals surface area contributed by atoms with E-state index in [0.717, 1.165) is 0 Å². The number of pyridine rings is 1. The van der Waals surface area contributed by atoms with Gasteiger partial charge in [0.2, 0.25) is 0 Å². The molecule has 0 atom stereocenters. The van der Waals surface area contributed by atoms with E-state index in [4.69, 9.17) is 11.6 Å². The second kappa shape index (κ2) is 6.13. The van der Waals surface area contributed by atoms with E-state index in [0.29, 0.717) is 16.8 Å². The van der Waals surface area contributed by atoms with Gasteiger partial charge in [0.15, 0.2) is 5.69 Å². The number of hydrogen-bond acceptors (Lipinski definition) is 4. The van der Waals surface area contributed by atoms with Gasteiger partial charge >= 0.3 is 5.97 Å². The van der Waals surface area contributed by atoms with Gasteiger partial charge in [-0.1, -0.05) is 22.9 Å². The van der Waals surface area contributed by atoms with Crippen LogP contribution >= 0.6 is 11.6 Å². The highest BCUT2D eigenvalue weighted by atomic mass is 35.5. The van der Waals surface area contributed by atoms with Crippen LogP contribution in [0.2, 0.25) is 5.02 Å². The van der Waals surface area contributed by atoms with Crippen LogP contribution in [0.1, 0.15) is 16.1 Å². The van der Waals surface area contributed by atoms with Crippen LogP contribution in [0.4, 0.5) is 4.39 Å². The smallest absolute Gasteiger partial charge is 0.358 e. The molecule has 0 aliphatic carbocycles. The molecule has 0 unspecified atom stereocenters. The Balaban J connectivity index is 2.08. The van der Waals surface area contributed by atoms with Crippen molar-refractivity contribution < 1.29 is 14.3 Å². The monoisotopic (exact) mass is 332 g/mol. The van der Waals surface area contributed by atoms with Gasteiger partial charge < -0.3 is 5.11 Å². The first-order valence-electron chi connectivity index (χ1n) is 6.57. The standard InChI is InChI=1S/C15H10ClFN4O2/c16-12-7-11(17)2-1-10(12)8-21-14(9-3-5-18-6-4-9)13(15(22)23)19-20-21/h1-7H,8H2,(H,22,23). The molecule has 1 N–H and O–H groups in total. The fourth-order valence-electron chi connectivity index (χ4n) is 2.17. The van der Waals surface area contributed by atoms with Crippen molar-refractivity contribution in [2.75, 3.05) is 0 Å². The predicted octanol–water partition coefficient (Wildman–Crippen LogP) is 2.88. The number of carboxylic acid groups (broad SMARTS) is 1. The molecule has 2 heterocycles. The molecule has 1 aromatic carbocycles. The van der Waals surface area contributed by atoms with Crippen LogP contribution < -0.4 is 0 Å². The number of nitrogens with zero attached hydrogens (tertiary/aromatic N) is 4. The van der Waals surface area contributed by atoms with E-state index in [1.807, 2.05) is 0 Å². The third-order valence-corrected chi connectivity index (χ3v) is 3.58. The molecule has 2 aromatic heterocycles. The van der Waals surface area contributed by atoms with Crippen LogP contribution in [0, 0.1) is 5.82 Å². The Labute approximate surface area is 135 Å². The number of hydrogen-bond donors (Lipinski definition) is 1. The fourth-order valence-corrected chi connectivity index (χ4v) is 2.40. The van der Waals surface area contributed by atoms with E-state index in [2.05, 4.69) is 15.3 Å². The van der Waals surface area contributed by atoms with Crippen LogP contribution in [0.15, 0.2) is 42.7 Å². The lowest BCUT2D eigenvalue weighted by molar-refractivity contribution is 0.0691. The summed E-state index contributed by atoms with van der Waals surface area (Å²) in [6.07, 6.45) is 3.09. The number of aromatic carboxylic acids is 1. The molecular weight excluding hydrogens is 323 g/mol. The van der Waals surface area contributed by atoms with Gasteiger partial charge in [0.1, 0.15) is 11.5 Å². The summed E-state index contributed by atoms with van der Waals surface area (Å²) in [7, 11) is 0. The van der Waals surface area contributed by atoms with E-state index < -0.39 is 11.8 Å². The summed E-state index contributed by atoms with van der Waals surface area (Å²) in [4.78, 5) is 15.3. The third-order valence-electron chi connectivity index (χ3n) is 3.23. The lowest BCUT2D eigenvalue weighted by Gasteiger charge is -2.08. The van der Waals surface area contributed by atoms with Crippen LogP contribution in [-0.2, 0) is 6.54 Å². The topological polar surface area (TPSA) is 80.9 Å². The molecule has 0 aliphatic rings. The molecule has 0 spiro atoms. The first-order chi connectivity index (χ1) is 11.1. The van der Waals surface area contributed by atoms with Crippen molar-refractivity contribution in [2.24, 2.45) is 0 Å². The molecule has 0 radical (unpaired) electrons. The Bertz CT molecular complexity index is 867. The molecule has 6 nitrogen and oxygen atoms in total. The minimum atomic E-state index is -1.19. The summed E-state index contributed by atoms with van der Waals surface area (Å²) in [6.45, 7) is 0.164. The van der Waals surface area contributed by atoms with Crippen LogP contribution in [0.3, 0.4) is 0 Å². The zero-order valence-electron chi connectivity index (χ0n) is 11.6. The average molecular weight is 333 g/mol. The van der Waals surface area contributed by atoms with Crippen molar-refractivity contribution in [1.82, 2.24) is 20.0 Å². The molecule has 23 heavy (non-hydrogen) atoms. The third kappa shape index (κ3) is 3.04. The van der Waals surface area contributed by atoms with Gasteiger partial charge in [0.05, 0.1) is 6.54 Å². The average Bonchev–Trinajstić information content (AvgIpc) is 2.95. The van der Waals surface area contributed by atoms with E-state index >= 15 is 0 Å². The van der Waals surface area contributed by atoms with Crippen molar-refractivity contribution in [1.29, 1.82) is 0 Å². The molecule has 3 aromatic rings. The summed E-state index contributed by atoms with van der Waals surface area (Å²) >= 11 is 6.02. The number of halogens is 2. The van der Waals surface area contributed by atoms with Gasteiger partial charge in [-0.2, -0.15) is 0 Å². The number of carboxylic acids is 1. The van der Waals surface area contributed by atoms with E-state index in [1.165, 1.54) is 22.9 Å². The maximum atomic E-state index is 13.1. The van der Waals surface area contributed by atoms with E-state index in [-0.39, 0.29) is 17.3 Å². The highest BCUT2D eigenvalue weighted by molar-refractivity contribution is 6.31. The molecule has 0 saturated carbocycles. The summed E-state index contributed by atoms with van der Waals surface area (Å²) in [6, 6.07) is 7.32. The first-order valence-corrected chi connectivity index (χ1v) is 6.95. The zero-order valence-corrected chi connectivity index (χ0v) is 12.4. The maximum Gasteiger partial charge on any atom is 0.358 e. The van der Waals surface area contributed by atoms with Crippen molar-refractivity contribution >= 4 is 17.6 Å². The zero-order chi connectivity index (χ0) is 16.4. The molecular formula is C15H10ClFN4O2. The summed E-state index contributed by atoms with van der Waals surface area (Å²) < 4.78 is 14.6. The van der Waals surface area contributed by atoms with Crippen molar-refractivity contribution in [2.45, 2.75) is 6.54 Å². The minimum absolute atomic E-state index is 0.164. The first kappa shape index (κ1) is 15.1. The van der Waals surface area contributed by atoms with Crippen molar-refractivity contribution in [3.8, 4) is 11.3 Å². The van der Waals surface area contributed by atoms with Gasteiger partial charge in [0, 0.05) is 23.0 Å². The molecule has 116 valence electrons. The molecule has 3 rings (SSSR count). The largest absolute Gasteiger partial charge is 0.476 e. The van der Waals surface area contributed by atoms with Crippen molar-refractivity contribution in [3.05, 3.63) is 64.8 Å². The van der Waals surface area contributed by atoms with Crippen LogP contribution in [0.5, 0.6) is 0 Å². The molecule has 0 fully saturated rings. The molecule has 0 aliphatic heterocycles. The summed E-state index contributed by atoms with van der Waals surface area (Å²) in [5.74, 6) is -1.63. The van der Waals surface area contributed by atoms with E-state index in [9.17, 15) is 14.3 Å². The van der Waals surface area contributed by atoms with Gasteiger partial charge in [-0.15, -0.1) is 5.10 Å². The Kier molecular flexibility index (Phi) is 4.03. The Morgan fingerprint density at radius 2 is 2.00 bits per heavy atom. The summed E-state index contributed by atoms with van der Waals surface area (Å²) in [5, 5.41) is 17.1. The Morgan fingerprint density at radius 1 is 1.26 bits per heavy atom. The van der Waals surface area contributed by atoms with Gasteiger partial charge in [-0.25, -0.2) is 13.9 Å². The lowest BCUT2D eigenvalue weighted by Crippen LogP contribution is -2.06. The fraction of sp³-hybridized carbons (Fsp3) is 0.0667. The second-order valence-corrected chi connectivity index (χ2v) is 5.13. The number of aromatic nitrogens is 4. The van der Waals surface area contributed by atoms with Crippen LogP contribution in [0.25, 0.3) is 11.3 Å². The van der Waals surface area contributed by atoms with Crippen LogP contribution in [-0.4, -0.2) is 31.1 Å².